The number of nitro benzene ring substituents is 1. The van der Waals surface area contributed by atoms with Gasteiger partial charge in [-0.2, -0.15) is 5.10 Å². The molecule has 0 bridgehead atoms. The van der Waals surface area contributed by atoms with Crippen LogP contribution in [0.5, 0.6) is 5.75 Å². The summed E-state index contributed by atoms with van der Waals surface area (Å²) >= 11 is 0. The number of aromatic nitrogens is 3. The number of nitrogens with zero attached hydrogens (tertiary/aromatic N) is 3. The standard InChI is InChI=1S/C16H13FN4O3/c1-10-8-11(2-7-14(10)21(22)23)16-18-15(19-20-16)9-24-13-5-3-12(17)4-6-13/h2-8H,9H2,1H3,(H,18,19,20). The van der Waals surface area contributed by atoms with Gasteiger partial charge in [0.15, 0.2) is 11.6 Å². The molecule has 2 aromatic carbocycles. The first kappa shape index (κ1) is 15.6. The van der Waals surface area contributed by atoms with Gasteiger partial charge in [-0.1, -0.05) is 0 Å². The van der Waals surface area contributed by atoms with Gasteiger partial charge >= 0.3 is 0 Å². The number of hydrogen-bond acceptors (Lipinski definition) is 5. The zero-order valence-corrected chi connectivity index (χ0v) is 12.7. The Kier molecular flexibility index (Phi) is 4.19. The highest BCUT2D eigenvalue weighted by molar-refractivity contribution is 5.59. The normalized spacial score (nSPS) is 10.6. The van der Waals surface area contributed by atoms with Gasteiger partial charge in [0.25, 0.3) is 5.69 Å². The number of ether oxygens (including phenoxy) is 1. The Morgan fingerprint density at radius 2 is 2.00 bits per heavy atom. The van der Waals surface area contributed by atoms with Crippen LogP contribution in [0.3, 0.4) is 0 Å². The number of nitrogens with one attached hydrogen (secondary N) is 1. The van der Waals surface area contributed by atoms with Crippen LogP contribution in [0, 0.1) is 22.9 Å². The smallest absolute Gasteiger partial charge is 0.272 e. The molecule has 0 aliphatic carbocycles. The predicted octanol–water partition coefficient (Wildman–Crippen LogP) is 3.41. The quantitative estimate of drug-likeness (QED) is 0.572. The molecule has 0 fully saturated rings. The first-order chi connectivity index (χ1) is 11.5. The van der Waals surface area contributed by atoms with Crippen LogP contribution in [0.15, 0.2) is 42.5 Å². The summed E-state index contributed by atoms with van der Waals surface area (Å²) < 4.78 is 18.3. The van der Waals surface area contributed by atoms with Crippen molar-refractivity contribution < 1.29 is 14.1 Å². The van der Waals surface area contributed by atoms with Crippen LogP contribution in [0.25, 0.3) is 11.4 Å². The molecule has 8 heteroatoms. The van der Waals surface area contributed by atoms with Crippen LogP contribution in [0.4, 0.5) is 10.1 Å². The van der Waals surface area contributed by atoms with E-state index in [1.165, 1.54) is 30.3 Å². The zero-order valence-electron chi connectivity index (χ0n) is 12.7. The van der Waals surface area contributed by atoms with Crippen molar-refractivity contribution in [1.82, 2.24) is 15.2 Å². The van der Waals surface area contributed by atoms with Gasteiger partial charge in [0.05, 0.1) is 4.92 Å². The molecule has 0 aliphatic rings. The molecule has 3 rings (SSSR count). The largest absolute Gasteiger partial charge is 0.486 e. The number of H-pyrrole nitrogens is 1. The van der Waals surface area contributed by atoms with Crippen molar-refractivity contribution in [2.24, 2.45) is 0 Å². The van der Waals surface area contributed by atoms with Gasteiger partial charge in [-0.25, -0.2) is 9.37 Å². The second kappa shape index (κ2) is 6.45. The maximum absolute atomic E-state index is 12.8. The number of rotatable bonds is 5. The topological polar surface area (TPSA) is 93.9 Å². The molecule has 7 nitrogen and oxygen atoms in total. The summed E-state index contributed by atoms with van der Waals surface area (Å²) in [5.74, 6) is 1.09. The van der Waals surface area contributed by atoms with Crippen molar-refractivity contribution in [2.75, 3.05) is 0 Å². The number of aromatic amines is 1. The van der Waals surface area contributed by atoms with E-state index in [4.69, 9.17) is 4.74 Å². The molecule has 0 saturated carbocycles. The fraction of sp³-hybridized carbons (Fsp3) is 0.125. The molecule has 1 N–H and O–H groups in total. The molecule has 1 heterocycles. The third-order valence-corrected chi connectivity index (χ3v) is 3.37. The molecule has 0 atom stereocenters. The van der Waals surface area contributed by atoms with Crippen LogP contribution in [-0.4, -0.2) is 20.1 Å². The molecular formula is C16H13FN4O3. The average Bonchev–Trinajstić information content (AvgIpc) is 3.03. The van der Waals surface area contributed by atoms with Gasteiger partial charge in [0.1, 0.15) is 18.2 Å². The Hall–Kier alpha value is -3.29. The minimum atomic E-state index is -0.431. The Bertz CT molecular complexity index is 877. The number of benzene rings is 2. The predicted molar refractivity (Wildman–Crippen MR) is 83.9 cm³/mol. The maximum atomic E-state index is 12.8. The van der Waals surface area contributed by atoms with E-state index in [0.717, 1.165) is 0 Å². The monoisotopic (exact) mass is 328 g/mol. The molecule has 0 radical (unpaired) electrons. The molecule has 0 spiro atoms. The summed E-state index contributed by atoms with van der Waals surface area (Å²) in [6, 6.07) is 10.3. The van der Waals surface area contributed by atoms with Gasteiger partial charge in [-0.05, 0) is 43.3 Å². The lowest BCUT2D eigenvalue weighted by Crippen LogP contribution is -1.97. The molecule has 3 aromatic rings. The summed E-state index contributed by atoms with van der Waals surface area (Å²) in [5.41, 5.74) is 1.25. The highest BCUT2D eigenvalue weighted by Crippen LogP contribution is 2.24. The summed E-state index contributed by atoms with van der Waals surface area (Å²) in [5, 5.41) is 17.7. The van der Waals surface area contributed by atoms with Gasteiger partial charge in [-0.15, -0.1) is 0 Å². The van der Waals surface area contributed by atoms with E-state index in [0.29, 0.717) is 28.5 Å². The van der Waals surface area contributed by atoms with Crippen LogP contribution in [0.1, 0.15) is 11.4 Å². The average molecular weight is 328 g/mol. The summed E-state index contributed by atoms with van der Waals surface area (Å²) in [6.45, 7) is 1.80. The maximum Gasteiger partial charge on any atom is 0.272 e. The fourth-order valence-electron chi connectivity index (χ4n) is 2.17. The zero-order chi connectivity index (χ0) is 17.1. The molecule has 0 unspecified atom stereocenters. The minimum absolute atomic E-state index is 0.0501. The fourth-order valence-corrected chi connectivity index (χ4v) is 2.17. The van der Waals surface area contributed by atoms with Crippen molar-refractivity contribution in [3.63, 3.8) is 0 Å². The highest BCUT2D eigenvalue weighted by Gasteiger charge is 2.13. The van der Waals surface area contributed by atoms with Crippen molar-refractivity contribution in [3.8, 4) is 17.1 Å². The first-order valence-electron chi connectivity index (χ1n) is 7.08. The second-order valence-corrected chi connectivity index (χ2v) is 5.11. The van der Waals surface area contributed by atoms with Gasteiger partial charge in [-0.3, -0.25) is 15.2 Å². The van der Waals surface area contributed by atoms with Crippen LogP contribution in [-0.2, 0) is 6.61 Å². The molecule has 0 amide bonds. The van der Waals surface area contributed by atoms with Crippen LogP contribution in [0.2, 0.25) is 0 Å². The summed E-state index contributed by atoms with van der Waals surface area (Å²) in [6.07, 6.45) is 0. The first-order valence-corrected chi connectivity index (χ1v) is 7.08. The summed E-state index contributed by atoms with van der Waals surface area (Å²) in [7, 11) is 0. The Morgan fingerprint density at radius 1 is 1.25 bits per heavy atom. The van der Waals surface area contributed by atoms with E-state index in [2.05, 4.69) is 15.2 Å². The molecule has 1 aromatic heterocycles. The van der Waals surface area contributed by atoms with Crippen molar-refractivity contribution >= 4 is 5.69 Å². The second-order valence-electron chi connectivity index (χ2n) is 5.11. The summed E-state index contributed by atoms with van der Waals surface area (Å²) in [4.78, 5) is 14.7. The Labute approximate surface area is 136 Å². The lowest BCUT2D eigenvalue weighted by Gasteiger charge is -2.03. The molecule has 0 saturated heterocycles. The van der Waals surface area contributed by atoms with Crippen LogP contribution >= 0.6 is 0 Å². The van der Waals surface area contributed by atoms with Crippen molar-refractivity contribution in [3.05, 3.63) is 69.8 Å². The van der Waals surface area contributed by atoms with Gasteiger partial charge in [0, 0.05) is 17.2 Å². The Balaban J connectivity index is 1.72. The number of hydrogen-bond donors (Lipinski definition) is 1. The minimum Gasteiger partial charge on any atom is -0.486 e. The number of halogens is 1. The van der Waals surface area contributed by atoms with E-state index < -0.39 is 4.92 Å². The third kappa shape index (κ3) is 3.37. The van der Waals surface area contributed by atoms with Gasteiger partial charge < -0.3 is 4.74 Å². The van der Waals surface area contributed by atoms with E-state index in [1.54, 1.807) is 19.1 Å². The molecule has 0 aliphatic heterocycles. The number of aryl methyl sites for hydroxylation is 1. The highest BCUT2D eigenvalue weighted by atomic mass is 19.1. The Morgan fingerprint density at radius 3 is 2.67 bits per heavy atom. The lowest BCUT2D eigenvalue weighted by molar-refractivity contribution is -0.385. The van der Waals surface area contributed by atoms with Crippen molar-refractivity contribution in [1.29, 1.82) is 0 Å². The molecular weight excluding hydrogens is 315 g/mol. The van der Waals surface area contributed by atoms with Gasteiger partial charge in [0.2, 0.25) is 0 Å². The van der Waals surface area contributed by atoms with E-state index in [-0.39, 0.29) is 18.1 Å². The molecule has 24 heavy (non-hydrogen) atoms. The third-order valence-electron chi connectivity index (χ3n) is 3.37. The lowest BCUT2D eigenvalue weighted by atomic mass is 10.1. The van der Waals surface area contributed by atoms with Crippen LogP contribution < -0.4 is 4.74 Å². The van der Waals surface area contributed by atoms with Crippen molar-refractivity contribution in [2.45, 2.75) is 13.5 Å². The van der Waals surface area contributed by atoms with E-state index >= 15 is 0 Å². The molecule has 122 valence electrons. The van der Waals surface area contributed by atoms with E-state index in [1.807, 2.05) is 0 Å². The van der Waals surface area contributed by atoms with E-state index in [9.17, 15) is 14.5 Å². The SMILES string of the molecule is Cc1cc(-c2n[nH]c(COc3ccc(F)cc3)n2)ccc1[N+](=O)[O-]. The number of nitro groups is 1.